The highest BCUT2D eigenvalue weighted by molar-refractivity contribution is 6.07. The van der Waals surface area contributed by atoms with Crippen molar-refractivity contribution in [3.63, 3.8) is 0 Å². The number of aromatic nitrogens is 3. The van der Waals surface area contributed by atoms with Crippen molar-refractivity contribution in [1.82, 2.24) is 25.4 Å². The SMILES string of the molecule is Cc1n[nH]c2nc(-c3ccc(O)cc3)cc(C(=O)N3CCNCC3(C)c3ccccc3)c12. The molecule has 1 unspecified atom stereocenters. The molecule has 3 N–H and O–H groups in total. The van der Waals surface area contributed by atoms with E-state index in [1.807, 2.05) is 36.1 Å². The van der Waals surface area contributed by atoms with Crippen LogP contribution >= 0.6 is 0 Å². The van der Waals surface area contributed by atoms with Gasteiger partial charge in [-0.3, -0.25) is 9.89 Å². The third-order valence-electron chi connectivity index (χ3n) is 6.32. The zero-order chi connectivity index (χ0) is 22.3. The third-order valence-corrected chi connectivity index (χ3v) is 6.32. The first-order chi connectivity index (χ1) is 15.5. The number of aromatic amines is 1. The number of H-pyrrole nitrogens is 1. The molecule has 0 bridgehead atoms. The number of amides is 1. The fourth-order valence-corrected chi connectivity index (χ4v) is 4.52. The number of pyridine rings is 1. The normalized spacial score (nSPS) is 18.8. The first-order valence-corrected chi connectivity index (χ1v) is 10.7. The Balaban J connectivity index is 1.65. The quantitative estimate of drug-likeness (QED) is 0.464. The van der Waals surface area contributed by atoms with Crippen LogP contribution in [0.25, 0.3) is 22.3 Å². The Bertz CT molecular complexity index is 1280. The van der Waals surface area contributed by atoms with Gasteiger partial charge >= 0.3 is 0 Å². The number of phenolic OH excluding ortho intramolecular Hbond substituents is 1. The smallest absolute Gasteiger partial charge is 0.255 e. The summed E-state index contributed by atoms with van der Waals surface area (Å²) < 4.78 is 0. The number of phenols is 1. The first kappa shape index (κ1) is 20.2. The number of fused-ring (bicyclic) bond motifs is 1. The molecule has 0 spiro atoms. The van der Waals surface area contributed by atoms with E-state index in [1.54, 1.807) is 24.3 Å². The van der Waals surface area contributed by atoms with Crippen LogP contribution in [0.15, 0.2) is 60.7 Å². The van der Waals surface area contributed by atoms with Crippen LogP contribution in [0.3, 0.4) is 0 Å². The van der Waals surface area contributed by atoms with Crippen molar-refractivity contribution in [2.75, 3.05) is 19.6 Å². The number of rotatable bonds is 3. The highest BCUT2D eigenvalue weighted by Crippen LogP contribution is 2.34. The molecule has 1 amide bonds. The van der Waals surface area contributed by atoms with Gasteiger partial charge in [-0.15, -0.1) is 0 Å². The number of carbonyl (C=O) groups is 1. The minimum absolute atomic E-state index is 0.0465. The third kappa shape index (κ3) is 3.31. The van der Waals surface area contributed by atoms with Crippen molar-refractivity contribution in [3.05, 3.63) is 77.5 Å². The Labute approximate surface area is 186 Å². The summed E-state index contributed by atoms with van der Waals surface area (Å²) in [5.74, 6) is 0.137. The predicted octanol–water partition coefficient (Wildman–Crippen LogP) is 3.60. The van der Waals surface area contributed by atoms with E-state index >= 15 is 0 Å². The zero-order valence-electron chi connectivity index (χ0n) is 18.1. The van der Waals surface area contributed by atoms with Gasteiger partial charge < -0.3 is 15.3 Å². The van der Waals surface area contributed by atoms with Crippen LogP contribution in [-0.4, -0.2) is 50.7 Å². The van der Waals surface area contributed by atoms with E-state index in [0.29, 0.717) is 30.0 Å². The molecule has 5 rings (SSSR count). The number of hydrogen-bond acceptors (Lipinski definition) is 5. The van der Waals surface area contributed by atoms with Gasteiger partial charge in [0, 0.05) is 25.2 Å². The maximum Gasteiger partial charge on any atom is 0.255 e. The number of piperazine rings is 1. The highest BCUT2D eigenvalue weighted by Gasteiger charge is 2.40. The number of hydrogen-bond donors (Lipinski definition) is 3. The van der Waals surface area contributed by atoms with E-state index in [9.17, 15) is 9.90 Å². The van der Waals surface area contributed by atoms with Crippen LogP contribution in [0.5, 0.6) is 5.75 Å². The van der Waals surface area contributed by atoms with E-state index in [1.165, 1.54) is 0 Å². The highest BCUT2D eigenvalue weighted by atomic mass is 16.3. The molecule has 1 saturated heterocycles. The summed E-state index contributed by atoms with van der Waals surface area (Å²) in [5.41, 5.74) is 3.97. The molecule has 32 heavy (non-hydrogen) atoms. The van der Waals surface area contributed by atoms with Crippen LogP contribution in [0, 0.1) is 6.92 Å². The van der Waals surface area contributed by atoms with E-state index in [0.717, 1.165) is 28.8 Å². The van der Waals surface area contributed by atoms with Gasteiger partial charge in [0.1, 0.15) is 5.75 Å². The summed E-state index contributed by atoms with van der Waals surface area (Å²) in [7, 11) is 0. The van der Waals surface area contributed by atoms with Gasteiger partial charge in [-0.05, 0) is 49.7 Å². The van der Waals surface area contributed by atoms with E-state index < -0.39 is 5.54 Å². The average Bonchev–Trinajstić information content (AvgIpc) is 3.20. The Kier molecular flexibility index (Phi) is 4.90. The first-order valence-electron chi connectivity index (χ1n) is 10.7. The molecule has 7 heteroatoms. The van der Waals surface area contributed by atoms with Gasteiger partial charge in [0.25, 0.3) is 5.91 Å². The molecule has 4 aromatic rings. The average molecular weight is 428 g/mol. The summed E-state index contributed by atoms with van der Waals surface area (Å²) in [4.78, 5) is 20.7. The summed E-state index contributed by atoms with van der Waals surface area (Å²) in [6, 6.07) is 18.8. The van der Waals surface area contributed by atoms with Crippen molar-refractivity contribution in [1.29, 1.82) is 0 Å². The van der Waals surface area contributed by atoms with Crippen LogP contribution in [0.4, 0.5) is 0 Å². The summed E-state index contributed by atoms with van der Waals surface area (Å²) >= 11 is 0. The van der Waals surface area contributed by atoms with Gasteiger partial charge in [-0.2, -0.15) is 5.10 Å². The van der Waals surface area contributed by atoms with Crippen LogP contribution < -0.4 is 5.32 Å². The molecule has 3 heterocycles. The summed E-state index contributed by atoms with van der Waals surface area (Å²) in [6.45, 7) is 5.99. The molecule has 1 aliphatic heterocycles. The molecule has 0 radical (unpaired) electrons. The van der Waals surface area contributed by atoms with E-state index in [4.69, 9.17) is 4.98 Å². The van der Waals surface area contributed by atoms with Gasteiger partial charge in [0.2, 0.25) is 0 Å². The van der Waals surface area contributed by atoms with Gasteiger partial charge in [0.15, 0.2) is 5.65 Å². The summed E-state index contributed by atoms with van der Waals surface area (Å²) in [6.07, 6.45) is 0. The van der Waals surface area contributed by atoms with Crippen molar-refractivity contribution in [3.8, 4) is 17.0 Å². The molecule has 1 fully saturated rings. The van der Waals surface area contributed by atoms with Crippen molar-refractivity contribution >= 4 is 16.9 Å². The standard InChI is InChI=1S/C25H25N5O2/c1-16-22-20(14-21(27-23(22)29-28-16)17-8-10-19(31)11-9-17)24(32)30-13-12-26-15-25(30,2)18-6-4-3-5-7-18/h3-11,14,26,31H,12-13,15H2,1-2H3,(H,27,28,29). The Hall–Kier alpha value is -3.71. The van der Waals surface area contributed by atoms with Crippen LogP contribution in [0.1, 0.15) is 28.5 Å². The monoisotopic (exact) mass is 427 g/mol. The van der Waals surface area contributed by atoms with Crippen LogP contribution in [0.2, 0.25) is 0 Å². The molecule has 0 saturated carbocycles. The maximum absolute atomic E-state index is 14.1. The second-order valence-electron chi connectivity index (χ2n) is 8.41. The van der Waals surface area contributed by atoms with Crippen molar-refractivity contribution < 1.29 is 9.90 Å². The predicted molar refractivity (Wildman–Crippen MR) is 123 cm³/mol. The fraction of sp³-hybridized carbons (Fsp3) is 0.240. The van der Waals surface area contributed by atoms with Crippen molar-refractivity contribution in [2.45, 2.75) is 19.4 Å². The van der Waals surface area contributed by atoms with Crippen LogP contribution in [-0.2, 0) is 5.54 Å². The minimum Gasteiger partial charge on any atom is -0.508 e. The fourth-order valence-electron chi connectivity index (χ4n) is 4.52. The molecule has 1 atom stereocenters. The number of nitrogens with zero attached hydrogens (tertiary/aromatic N) is 3. The van der Waals surface area contributed by atoms with Gasteiger partial charge in [0.05, 0.1) is 27.9 Å². The molecular formula is C25H25N5O2. The number of aromatic hydroxyl groups is 1. The molecule has 7 nitrogen and oxygen atoms in total. The minimum atomic E-state index is -0.484. The number of nitrogens with one attached hydrogen (secondary N) is 2. The lowest BCUT2D eigenvalue weighted by molar-refractivity contribution is 0.0418. The van der Waals surface area contributed by atoms with Gasteiger partial charge in [-0.25, -0.2) is 4.98 Å². The van der Waals surface area contributed by atoms with E-state index in [-0.39, 0.29) is 11.7 Å². The molecular weight excluding hydrogens is 402 g/mol. The number of benzene rings is 2. The lowest BCUT2D eigenvalue weighted by Crippen LogP contribution is -2.59. The molecule has 2 aromatic carbocycles. The zero-order valence-corrected chi connectivity index (χ0v) is 18.1. The Morgan fingerprint density at radius 1 is 1.12 bits per heavy atom. The number of aryl methyl sites for hydroxylation is 1. The Morgan fingerprint density at radius 2 is 1.88 bits per heavy atom. The lowest BCUT2D eigenvalue weighted by atomic mass is 9.87. The largest absolute Gasteiger partial charge is 0.508 e. The molecule has 1 aliphatic rings. The summed E-state index contributed by atoms with van der Waals surface area (Å²) in [5, 5.41) is 21.1. The van der Waals surface area contributed by atoms with Crippen molar-refractivity contribution in [2.24, 2.45) is 0 Å². The van der Waals surface area contributed by atoms with E-state index in [2.05, 4.69) is 34.6 Å². The second kappa shape index (κ2) is 7.76. The molecule has 2 aromatic heterocycles. The second-order valence-corrected chi connectivity index (χ2v) is 8.41. The molecule has 162 valence electrons. The Morgan fingerprint density at radius 3 is 2.62 bits per heavy atom. The topological polar surface area (TPSA) is 94.1 Å². The molecule has 0 aliphatic carbocycles. The maximum atomic E-state index is 14.1. The van der Waals surface area contributed by atoms with Gasteiger partial charge in [-0.1, -0.05) is 30.3 Å². The number of carbonyl (C=O) groups excluding carboxylic acids is 1. The lowest BCUT2D eigenvalue weighted by Gasteiger charge is -2.45.